The number of allylic oxidation sites excluding steroid dienone is 5. The molecule has 2 heteroatoms. The zero-order valence-corrected chi connectivity index (χ0v) is 42.4. The summed E-state index contributed by atoms with van der Waals surface area (Å²) in [4.78, 5) is 4.82. The maximum atomic E-state index is 5.11. The van der Waals surface area contributed by atoms with Crippen molar-refractivity contribution in [2.45, 2.75) is 12.3 Å². The van der Waals surface area contributed by atoms with E-state index in [0.717, 1.165) is 56.2 Å². The summed E-state index contributed by atoms with van der Waals surface area (Å²) < 4.78 is 0. The number of anilines is 6. The molecular formula is C74H54N2. The van der Waals surface area contributed by atoms with Crippen LogP contribution in [-0.2, 0) is 5.41 Å². The topological polar surface area (TPSA) is 6.48 Å². The van der Waals surface area contributed by atoms with Gasteiger partial charge in [-0.3, -0.25) is 0 Å². The van der Waals surface area contributed by atoms with Gasteiger partial charge in [-0.15, -0.1) is 0 Å². The van der Waals surface area contributed by atoms with Crippen molar-refractivity contribution < 1.29 is 0 Å². The first-order valence-electron chi connectivity index (χ1n) is 26.2. The van der Waals surface area contributed by atoms with E-state index in [0.29, 0.717) is 0 Å². The molecule has 0 saturated carbocycles. The second-order valence-electron chi connectivity index (χ2n) is 19.6. The van der Waals surface area contributed by atoms with Crippen molar-refractivity contribution in [3.8, 4) is 33.4 Å². The lowest BCUT2D eigenvalue weighted by Gasteiger charge is -2.35. The molecule has 2 nitrogen and oxygen atoms in total. The molecule has 360 valence electrons. The molecule has 1 atom stereocenters. The third-order valence-corrected chi connectivity index (χ3v) is 15.3. The molecule has 13 rings (SSSR count). The minimum atomic E-state index is -0.782. The van der Waals surface area contributed by atoms with Crippen LogP contribution in [0.25, 0.3) is 65.7 Å². The lowest BCUT2D eigenvalue weighted by molar-refractivity contribution is 0.779. The van der Waals surface area contributed by atoms with Crippen LogP contribution in [0, 0.1) is 0 Å². The predicted octanol–water partition coefficient (Wildman–Crippen LogP) is 20.4. The van der Waals surface area contributed by atoms with Gasteiger partial charge in [-0.1, -0.05) is 231 Å². The van der Waals surface area contributed by atoms with Crippen LogP contribution < -0.4 is 9.80 Å². The first kappa shape index (κ1) is 46.1. The van der Waals surface area contributed by atoms with Gasteiger partial charge < -0.3 is 9.80 Å². The lowest BCUT2D eigenvalue weighted by atomic mass is 9.66. The van der Waals surface area contributed by atoms with Gasteiger partial charge in [0, 0.05) is 33.9 Å². The summed E-state index contributed by atoms with van der Waals surface area (Å²) in [6.07, 6.45) is 8.57. The number of fused-ring (bicyclic) bond motifs is 9. The van der Waals surface area contributed by atoms with E-state index in [4.69, 9.17) is 6.58 Å². The molecule has 0 N–H and O–H groups in total. The Morgan fingerprint density at radius 2 is 0.882 bits per heavy atom. The van der Waals surface area contributed by atoms with E-state index in [2.05, 4.69) is 314 Å². The monoisotopic (exact) mass is 970 g/mol. The highest BCUT2D eigenvalue weighted by Crippen LogP contribution is 2.61. The molecule has 1 unspecified atom stereocenters. The molecule has 1 aliphatic rings. The van der Waals surface area contributed by atoms with Crippen LogP contribution in [0.2, 0.25) is 0 Å². The van der Waals surface area contributed by atoms with Crippen LogP contribution in [0.4, 0.5) is 34.1 Å². The summed E-state index contributed by atoms with van der Waals surface area (Å²) in [5, 5.41) is 7.13. The average Bonchev–Trinajstić information content (AvgIpc) is 3.93. The standard InChI is InChI=1S/C74H54N2/c1-3-4-10-27-52(2)74(57-32-15-7-16-33-57)69-50-56-48-60(75(58-34-17-8-18-35-58)70-42-25-23-38-62(70)53-28-11-5-12-29-53)45-44-55(56)49-68(69)72-65-41-22-21-40-64(65)67-51-61(46-47-66(67)73(72)74)76(59-36-19-9-20-37-59)71-43-26-24-39-63(71)54-30-13-6-14-31-54/h3-51H,2H2,1H3/b4-3-,27-10-. The molecule has 0 spiro atoms. The maximum absolute atomic E-state index is 5.11. The molecule has 12 aromatic carbocycles. The van der Waals surface area contributed by atoms with Gasteiger partial charge in [0.25, 0.3) is 0 Å². The molecule has 12 aromatic rings. The summed E-state index contributed by atoms with van der Waals surface area (Å²) in [5.74, 6) is 0. The molecule has 0 radical (unpaired) electrons. The first-order chi connectivity index (χ1) is 37.6. The summed E-state index contributed by atoms with van der Waals surface area (Å²) in [5.41, 5.74) is 17.5. The smallest absolute Gasteiger partial charge is 0.0714 e. The van der Waals surface area contributed by atoms with E-state index < -0.39 is 5.41 Å². The highest BCUT2D eigenvalue weighted by atomic mass is 15.1. The summed E-state index contributed by atoms with van der Waals surface area (Å²) in [6.45, 7) is 7.18. The largest absolute Gasteiger partial charge is 0.310 e. The molecule has 0 fully saturated rings. The van der Waals surface area contributed by atoms with Crippen molar-refractivity contribution in [3.63, 3.8) is 0 Å². The van der Waals surface area contributed by atoms with Gasteiger partial charge in [-0.25, -0.2) is 0 Å². The van der Waals surface area contributed by atoms with Crippen molar-refractivity contribution in [2.24, 2.45) is 0 Å². The average molecular weight is 971 g/mol. The van der Waals surface area contributed by atoms with Crippen molar-refractivity contribution in [2.75, 3.05) is 9.80 Å². The minimum Gasteiger partial charge on any atom is -0.310 e. The fourth-order valence-corrected chi connectivity index (χ4v) is 12.0. The summed E-state index contributed by atoms with van der Waals surface area (Å²) in [6, 6.07) is 99.7. The first-order valence-corrected chi connectivity index (χ1v) is 26.2. The van der Waals surface area contributed by atoms with Gasteiger partial charge in [-0.2, -0.15) is 0 Å². The van der Waals surface area contributed by atoms with E-state index in [1.165, 1.54) is 65.9 Å². The van der Waals surface area contributed by atoms with Gasteiger partial charge in [0.1, 0.15) is 0 Å². The van der Waals surface area contributed by atoms with Crippen molar-refractivity contribution in [3.05, 3.63) is 326 Å². The van der Waals surface area contributed by atoms with Crippen LogP contribution in [0.15, 0.2) is 309 Å². The third kappa shape index (κ3) is 7.74. The van der Waals surface area contributed by atoms with E-state index in [-0.39, 0.29) is 0 Å². The quantitative estimate of drug-likeness (QED) is 0.0889. The Bertz CT molecular complexity index is 4180. The Kier molecular flexibility index (Phi) is 11.9. The third-order valence-electron chi connectivity index (χ3n) is 15.3. The molecule has 0 aliphatic heterocycles. The van der Waals surface area contributed by atoms with Gasteiger partial charge in [0.2, 0.25) is 0 Å². The molecule has 0 bridgehead atoms. The van der Waals surface area contributed by atoms with Gasteiger partial charge in [0.05, 0.1) is 16.8 Å². The molecule has 1 aliphatic carbocycles. The highest BCUT2D eigenvalue weighted by molar-refractivity contribution is 6.21. The zero-order chi connectivity index (χ0) is 51.0. The van der Waals surface area contributed by atoms with Crippen molar-refractivity contribution >= 4 is 66.4 Å². The maximum Gasteiger partial charge on any atom is 0.0714 e. The van der Waals surface area contributed by atoms with Crippen molar-refractivity contribution in [1.82, 2.24) is 0 Å². The molecule has 76 heavy (non-hydrogen) atoms. The number of para-hydroxylation sites is 4. The second kappa shape index (κ2) is 19.6. The summed E-state index contributed by atoms with van der Waals surface area (Å²) >= 11 is 0. The van der Waals surface area contributed by atoms with Gasteiger partial charge in [0.15, 0.2) is 0 Å². The van der Waals surface area contributed by atoms with E-state index in [1.807, 2.05) is 0 Å². The molecule has 0 aromatic heterocycles. The van der Waals surface area contributed by atoms with Crippen LogP contribution in [0.3, 0.4) is 0 Å². The second-order valence-corrected chi connectivity index (χ2v) is 19.6. The Morgan fingerprint density at radius 3 is 1.47 bits per heavy atom. The van der Waals surface area contributed by atoms with E-state index >= 15 is 0 Å². The predicted molar refractivity (Wildman–Crippen MR) is 324 cm³/mol. The Labute approximate surface area is 445 Å². The SMILES string of the molecule is C=C(/C=C\C=C/C)C1(c2ccccc2)c2cc3cc(N(c4ccccc4)c4ccccc4-c4ccccc4)ccc3cc2-c2c1c1ccc(N(c3ccccc3)c3ccccc3-c3ccccc3)cc1c1ccccc21. The van der Waals surface area contributed by atoms with Crippen LogP contribution >= 0.6 is 0 Å². The van der Waals surface area contributed by atoms with Gasteiger partial charge in [-0.05, 0) is 157 Å². The number of hydrogen-bond acceptors (Lipinski definition) is 2. The number of nitrogens with zero attached hydrogens (tertiary/aromatic N) is 2. The Balaban J connectivity index is 1.09. The minimum absolute atomic E-state index is 0.782. The van der Waals surface area contributed by atoms with Crippen LogP contribution in [0.1, 0.15) is 23.6 Å². The fraction of sp³-hybridized carbons (Fsp3) is 0.0270. The Hall–Kier alpha value is -9.76. The van der Waals surface area contributed by atoms with Crippen LogP contribution in [0.5, 0.6) is 0 Å². The Morgan fingerprint density at radius 1 is 0.382 bits per heavy atom. The lowest BCUT2D eigenvalue weighted by Crippen LogP contribution is -2.29. The number of benzene rings is 12. The molecule has 0 saturated heterocycles. The van der Waals surface area contributed by atoms with Crippen LogP contribution in [-0.4, -0.2) is 0 Å². The van der Waals surface area contributed by atoms with Gasteiger partial charge >= 0.3 is 0 Å². The zero-order valence-electron chi connectivity index (χ0n) is 42.4. The number of rotatable bonds is 12. The fourth-order valence-electron chi connectivity index (χ4n) is 12.0. The summed E-state index contributed by atoms with van der Waals surface area (Å²) in [7, 11) is 0. The number of hydrogen-bond donors (Lipinski definition) is 0. The van der Waals surface area contributed by atoms with E-state index in [1.54, 1.807) is 0 Å². The van der Waals surface area contributed by atoms with E-state index in [9.17, 15) is 0 Å². The molecule has 0 heterocycles. The normalized spacial score (nSPS) is 13.9. The molecule has 0 amide bonds. The highest BCUT2D eigenvalue weighted by Gasteiger charge is 2.48. The van der Waals surface area contributed by atoms with Crippen molar-refractivity contribution in [1.29, 1.82) is 0 Å². The molecular weight excluding hydrogens is 917 g/mol.